The van der Waals surface area contributed by atoms with Gasteiger partial charge in [0.1, 0.15) is 0 Å². The summed E-state index contributed by atoms with van der Waals surface area (Å²) in [5, 5.41) is 11.7. The van der Waals surface area contributed by atoms with Crippen molar-refractivity contribution in [2.45, 2.75) is 41.0 Å². The summed E-state index contributed by atoms with van der Waals surface area (Å²) in [4.78, 5) is 13.8. The van der Waals surface area contributed by atoms with Gasteiger partial charge in [0.05, 0.1) is 16.4 Å². The Bertz CT molecular complexity index is 547. The van der Waals surface area contributed by atoms with E-state index in [1.165, 1.54) is 11.3 Å². The summed E-state index contributed by atoms with van der Waals surface area (Å²) in [6.07, 6.45) is 0.460. The van der Waals surface area contributed by atoms with Crippen LogP contribution in [-0.2, 0) is 0 Å². The molecule has 4 heteroatoms. The number of aryl methyl sites for hydroxylation is 1. The summed E-state index contributed by atoms with van der Waals surface area (Å²) >= 11 is 1.41. The van der Waals surface area contributed by atoms with Gasteiger partial charge in [-0.15, -0.1) is 11.3 Å². The van der Waals surface area contributed by atoms with E-state index in [1.807, 2.05) is 13.0 Å². The molecule has 0 saturated heterocycles. The molecule has 3 nitrogen and oxygen atoms in total. The topological polar surface area (TPSA) is 49.3 Å². The molecular formula is C17H25NO2S. The zero-order valence-electron chi connectivity index (χ0n) is 13.5. The van der Waals surface area contributed by atoms with Crippen molar-refractivity contribution in [1.82, 2.24) is 5.32 Å². The van der Waals surface area contributed by atoms with Crippen LogP contribution in [0.3, 0.4) is 0 Å². The number of carbonyl (C=O) groups excluding carboxylic acids is 1. The van der Waals surface area contributed by atoms with E-state index in [1.54, 1.807) is 0 Å². The maximum atomic E-state index is 12.2. The van der Waals surface area contributed by atoms with Gasteiger partial charge in [-0.25, -0.2) is 0 Å². The first-order valence-electron chi connectivity index (χ1n) is 7.26. The van der Waals surface area contributed by atoms with Crippen LogP contribution < -0.4 is 5.32 Å². The Morgan fingerprint density at radius 2 is 2.14 bits per heavy atom. The normalized spacial score (nSPS) is 11.2. The van der Waals surface area contributed by atoms with Crippen LogP contribution in [0, 0.1) is 30.1 Å². The minimum atomic E-state index is -0.0352. The molecule has 0 atom stereocenters. The highest BCUT2D eigenvalue weighted by molar-refractivity contribution is 7.14. The van der Waals surface area contributed by atoms with Crippen LogP contribution in [0.5, 0.6) is 0 Å². The van der Waals surface area contributed by atoms with E-state index in [4.69, 9.17) is 5.11 Å². The summed E-state index contributed by atoms with van der Waals surface area (Å²) in [6.45, 7) is 11.3. The Labute approximate surface area is 131 Å². The Morgan fingerprint density at radius 1 is 1.48 bits per heavy atom. The number of thiophene rings is 1. The van der Waals surface area contributed by atoms with Gasteiger partial charge in [0.25, 0.3) is 5.91 Å². The summed E-state index contributed by atoms with van der Waals surface area (Å²) in [6, 6.07) is 1.88. The summed E-state index contributed by atoms with van der Waals surface area (Å²) in [5.74, 6) is 6.37. The number of rotatable bonds is 5. The summed E-state index contributed by atoms with van der Waals surface area (Å²) in [5.41, 5.74) is 1.09. The Hall–Kier alpha value is -1.31. The lowest BCUT2D eigenvalue weighted by Gasteiger charge is -2.29. The van der Waals surface area contributed by atoms with Gasteiger partial charge in [0.2, 0.25) is 0 Å². The summed E-state index contributed by atoms with van der Waals surface area (Å²) in [7, 11) is 0. The first-order chi connectivity index (χ1) is 9.77. The molecule has 1 aromatic rings. The second kappa shape index (κ2) is 7.63. The van der Waals surface area contributed by atoms with Crippen molar-refractivity contribution < 1.29 is 9.90 Å². The fourth-order valence-electron chi connectivity index (χ4n) is 1.52. The average Bonchev–Trinajstić information content (AvgIpc) is 2.78. The lowest BCUT2D eigenvalue weighted by molar-refractivity contribution is 0.0929. The molecule has 2 N–H and O–H groups in total. The van der Waals surface area contributed by atoms with E-state index in [-0.39, 0.29) is 17.9 Å². The van der Waals surface area contributed by atoms with Crippen molar-refractivity contribution in [2.75, 3.05) is 13.2 Å². The van der Waals surface area contributed by atoms with E-state index < -0.39 is 0 Å². The molecule has 0 aliphatic heterocycles. The first-order valence-corrected chi connectivity index (χ1v) is 8.08. The number of aliphatic hydroxyl groups excluding tert-OH is 1. The molecule has 0 bridgehead atoms. The van der Waals surface area contributed by atoms with Gasteiger partial charge >= 0.3 is 0 Å². The molecule has 0 saturated carbocycles. The molecule has 0 radical (unpaired) electrons. The zero-order valence-corrected chi connectivity index (χ0v) is 14.4. The molecule has 21 heavy (non-hydrogen) atoms. The fourth-order valence-corrected chi connectivity index (χ4v) is 2.48. The highest BCUT2D eigenvalue weighted by atomic mass is 32.1. The Morgan fingerprint density at radius 3 is 2.71 bits per heavy atom. The molecule has 0 fully saturated rings. The lowest BCUT2D eigenvalue weighted by atomic mass is 9.81. The molecular weight excluding hydrogens is 282 g/mol. The van der Waals surface area contributed by atoms with Gasteiger partial charge in [-0.3, -0.25) is 4.79 Å². The second-order valence-electron chi connectivity index (χ2n) is 6.22. The maximum absolute atomic E-state index is 12.2. The number of hydrogen-bond acceptors (Lipinski definition) is 3. The fraction of sp³-hybridized carbons (Fsp3) is 0.588. The predicted molar refractivity (Wildman–Crippen MR) is 88.6 cm³/mol. The third-order valence-corrected chi connectivity index (χ3v) is 5.00. The molecule has 0 aliphatic rings. The predicted octanol–water partition coefficient (Wildman–Crippen LogP) is 3.20. The number of nitrogens with one attached hydrogen (secondary N) is 1. The third kappa shape index (κ3) is 5.18. The first kappa shape index (κ1) is 17.7. The number of aliphatic hydroxyl groups is 1. The van der Waals surface area contributed by atoms with Gasteiger partial charge in [0, 0.05) is 13.0 Å². The molecule has 116 valence electrons. The zero-order chi connectivity index (χ0) is 16.0. The van der Waals surface area contributed by atoms with Gasteiger partial charge in [-0.1, -0.05) is 39.5 Å². The minimum absolute atomic E-state index is 0.0352. The highest BCUT2D eigenvalue weighted by Crippen LogP contribution is 2.25. The lowest BCUT2D eigenvalue weighted by Crippen LogP contribution is -2.36. The largest absolute Gasteiger partial charge is 0.395 e. The molecule has 0 unspecified atom stereocenters. The van der Waals surface area contributed by atoms with Crippen LogP contribution >= 0.6 is 11.3 Å². The van der Waals surface area contributed by atoms with Gasteiger partial charge in [-0.05, 0) is 29.9 Å². The smallest absolute Gasteiger partial charge is 0.261 e. The van der Waals surface area contributed by atoms with Crippen molar-refractivity contribution in [3.8, 4) is 11.8 Å². The van der Waals surface area contributed by atoms with E-state index in [0.717, 1.165) is 10.4 Å². The van der Waals surface area contributed by atoms with Crippen LogP contribution in [0.25, 0.3) is 0 Å². The van der Waals surface area contributed by atoms with Crippen molar-refractivity contribution in [3.05, 3.63) is 21.4 Å². The Kier molecular flexibility index (Phi) is 6.44. The SMILES string of the molecule is Cc1cc(C(=O)NCC(C)(C)C(C)C)sc1C#CCCO. The molecule has 0 aliphatic carbocycles. The monoisotopic (exact) mass is 307 g/mol. The molecule has 1 heterocycles. The van der Waals surface area contributed by atoms with Crippen LogP contribution in [0.4, 0.5) is 0 Å². The molecule has 0 spiro atoms. The molecule has 1 rings (SSSR count). The van der Waals surface area contributed by atoms with Crippen molar-refractivity contribution in [1.29, 1.82) is 0 Å². The van der Waals surface area contributed by atoms with Crippen LogP contribution in [-0.4, -0.2) is 24.2 Å². The number of carbonyl (C=O) groups is 1. The van der Waals surface area contributed by atoms with E-state index in [9.17, 15) is 4.79 Å². The van der Waals surface area contributed by atoms with Crippen LogP contribution in [0.1, 0.15) is 54.2 Å². The van der Waals surface area contributed by atoms with Crippen molar-refractivity contribution in [2.24, 2.45) is 11.3 Å². The number of amides is 1. The van der Waals surface area contributed by atoms with Gasteiger partial charge in [0.15, 0.2) is 0 Å². The standard InChI is InChI=1S/C17H25NO2S/c1-12(2)17(4,5)11-18-16(20)15-10-13(3)14(21-15)8-6-7-9-19/h10,12,19H,7,9,11H2,1-5H3,(H,18,20). The maximum Gasteiger partial charge on any atom is 0.261 e. The molecule has 1 amide bonds. The van der Waals surface area contributed by atoms with Crippen molar-refractivity contribution in [3.63, 3.8) is 0 Å². The Balaban J connectivity index is 2.72. The van der Waals surface area contributed by atoms with E-state index >= 15 is 0 Å². The number of hydrogen-bond donors (Lipinski definition) is 2. The average molecular weight is 307 g/mol. The van der Waals surface area contributed by atoms with Gasteiger partial charge in [-0.2, -0.15) is 0 Å². The van der Waals surface area contributed by atoms with Gasteiger partial charge < -0.3 is 10.4 Å². The van der Waals surface area contributed by atoms with Crippen molar-refractivity contribution >= 4 is 17.2 Å². The molecule has 1 aromatic heterocycles. The summed E-state index contributed by atoms with van der Waals surface area (Å²) < 4.78 is 0. The highest BCUT2D eigenvalue weighted by Gasteiger charge is 2.23. The van der Waals surface area contributed by atoms with E-state index in [2.05, 4.69) is 44.9 Å². The molecule has 0 aromatic carbocycles. The minimum Gasteiger partial charge on any atom is -0.395 e. The van der Waals surface area contributed by atoms with Crippen LogP contribution in [0.15, 0.2) is 6.07 Å². The van der Waals surface area contributed by atoms with E-state index in [0.29, 0.717) is 23.8 Å². The quantitative estimate of drug-likeness (QED) is 0.821. The second-order valence-corrected chi connectivity index (χ2v) is 7.28. The third-order valence-electron chi connectivity index (χ3n) is 3.85. The van der Waals surface area contributed by atoms with Crippen LogP contribution in [0.2, 0.25) is 0 Å².